The number of nitrogens with zero attached hydrogens (tertiary/aromatic N) is 1. The summed E-state index contributed by atoms with van der Waals surface area (Å²) in [7, 11) is 0. The topological polar surface area (TPSA) is 32.3 Å². The Kier molecular flexibility index (Phi) is 6.20. The lowest BCUT2D eigenvalue weighted by atomic mass is 10.00. The highest BCUT2D eigenvalue weighted by Crippen LogP contribution is 2.21. The second kappa shape index (κ2) is 7.92. The van der Waals surface area contributed by atoms with Gasteiger partial charge in [0, 0.05) is 18.8 Å². The standard InChI is InChI=1S/C16H21FN2OS2/c1-11-5-7-19(8-6-11)16(21)22-10-15(20)18-14-9-13(17)4-3-12(14)2/h3-4,9,11H,5-8,10H2,1-2H3,(H,18,20). The van der Waals surface area contributed by atoms with E-state index < -0.39 is 0 Å². The van der Waals surface area contributed by atoms with Gasteiger partial charge in [0.2, 0.25) is 5.91 Å². The molecular weight excluding hydrogens is 319 g/mol. The molecule has 6 heteroatoms. The highest BCUT2D eigenvalue weighted by atomic mass is 32.2. The Labute approximate surface area is 140 Å². The number of halogens is 1. The third-order valence-corrected chi connectivity index (χ3v) is 5.37. The smallest absolute Gasteiger partial charge is 0.234 e. The zero-order valence-electron chi connectivity index (χ0n) is 12.9. The van der Waals surface area contributed by atoms with Gasteiger partial charge in [0.15, 0.2) is 0 Å². The van der Waals surface area contributed by atoms with Crippen molar-refractivity contribution in [3.8, 4) is 0 Å². The highest BCUT2D eigenvalue weighted by Gasteiger charge is 2.18. The zero-order chi connectivity index (χ0) is 16.1. The van der Waals surface area contributed by atoms with E-state index in [-0.39, 0.29) is 17.5 Å². The van der Waals surface area contributed by atoms with Gasteiger partial charge in [-0.2, -0.15) is 0 Å². The number of thiocarbonyl (C=S) groups is 1. The normalized spacial score (nSPS) is 15.7. The van der Waals surface area contributed by atoms with Gasteiger partial charge < -0.3 is 10.2 Å². The van der Waals surface area contributed by atoms with Crippen molar-refractivity contribution in [3.63, 3.8) is 0 Å². The van der Waals surface area contributed by atoms with Crippen LogP contribution in [-0.2, 0) is 4.79 Å². The minimum Gasteiger partial charge on any atom is -0.357 e. The number of anilines is 1. The molecule has 0 saturated carbocycles. The number of nitrogens with one attached hydrogen (secondary N) is 1. The Bertz CT molecular complexity index is 557. The number of thioether (sulfide) groups is 1. The minimum absolute atomic E-state index is 0.161. The summed E-state index contributed by atoms with van der Waals surface area (Å²) in [5.74, 6) is 0.488. The molecule has 1 fully saturated rings. The number of benzene rings is 1. The van der Waals surface area contributed by atoms with Crippen LogP contribution in [0.1, 0.15) is 25.3 Å². The van der Waals surface area contributed by atoms with Gasteiger partial charge in [-0.1, -0.05) is 37.0 Å². The van der Waals surface area contributed by atoms with E-state index in [4.69, 9.17) is 12.2 Å². The molecule has 0 aliphatic carbocycles. The highest BCUT2D eigenvalue weighted by molar-refractivity contribution is 8.23. The Morgan fingerprint density at radius 1 is 1.45 bits per heavy atom. The number of rotatable bonds is 3. The summed E-state index contributed by atoms with van der Waals surface area (Å²) in [4.78, 5) is 14.2. The molecule has 0 spiro atoms. The Morgan fingerprint density at radius 3 is 2.82 bits per heavy atom. The summed E-state index contributed by atoms with van der Waals surface area (Å²) in [5, 5.41) is 2.74. The van der Waals surface area contributed by atoms with Crippen molar-refractivity contribution in [2.24, 2.45) is 5.92 Å². The molecule has 0 unspecified atom stereocenters. The lowest BCUT2D eigenvalue weighted by molar-refractivity contribution is -0.113. The second-order valence-electron chi connectivity index (χ2n) is 5.73. The minimum atomic E-state index is -0.355. The number of hydrogen-bond acceptors (Lipinski definition) is 3. The maximum Gasteiger partial charge on any atom is 0.234 e. The van der Waals surface area contributed by atoms with Crippen LogP contribution in [-0.4, -0.2) is 34.0 Å². The Balaban J connectivity index is 1.80. The molecule has 120 valence electrons. The summed E-state index contributed by atoms with van der Waals surface area (Å²) >= 11 is 6.76. The van der Waals surface area contributed by atoms with Crippen LogP contribution >= 0.6 is 24.0 Å². The first-order valence-electron chi connectivity index (χ1n) is 7.43. The molecule has 3 nitrogen and oxygen atoms in total. The van der Waals surface area contributed by atoms with Crippen molar-refractivity contribution in [1.82, 2.24) is 4.90 Å². The van der Waals surface area contributed by atoms with Crippen molar-refractivity contribution < 1.29 is 9.18 Å². The third-order valence-electron chi connectivity index (χ3n) is 3.84. The van der Waals surface area contributed by atoms with E-state index in [0.29, 0.717) is 5.69 Å². The molecule has 1 saturated heterocycles. The molecule has 2 rings (SSSR count). The van der Waals surface area contributed by atoms with Gasteiger partial charge in [-0.3, -0.25) is 4.79 Å². The van der Waals surface area contributed by atoms with Crippen molar-refractivity contribution in [2.45, 2.75) is 26.7 Å². The van der Waals surface area contributed by atoms with Gasteiger partial charge in [-0.05, 0) is 43.4 Å². The molecule has 0 aromatic heterocycles. The molecule has 22 heavy (non-hydrogen) atoms. The predicted molar refractivity (Wildman–Crippen MR) is 94.8 cm³/mol. The van der Waals surface area contributed by atoms with E-state index in [2.05, 4.69) is 17.1 Å². The van der Waals surface area contributed by atoms with Crippen molar-refractivity contribution >= 4 is 39.9 Å². The van der Waals surface area contributed by atoms with Crippen molar-refractivity contribution in [2.75, 3.05) is 24.2 Å². The lowest BCUT2D eigenvalue weighted by Gasteiger charge is -2.31. The van der Waals surface area contributed by atoms with E-state index in [9.17, 15) is 9.18 Å². The summed E-state index contributed by atoms with van der Waals surface area (Å²) in [5.41, 5.74) is 1.36. The fourth-order valence-corrected chi connectivity index (χ4v) is 3.38. The molecule has 1 aliphatic heterocycles. The number of amides is 1. The number of piperidine rings is 1. The quantitative estimate of drug-likeness (QED) is 0.848. The molecule has 1 N–H and O–H groups in total. The van der Waals surface area contributed by atoms with Crippen LogP contribution in [0.5, 0.6) is 0 Å². The SMILES string of the molecule is Cc1ccc(F)cc1NC(=O)CSC(=S)N1CCC(C)CC1. The molecule has 1 heterocycles. The average Bonchev–Trinajstić information content (AvgIpc) is 2.49. The van der Waals surface area contributed by atoms with E-state index in [0.717, 1.165) is 41.7 Å². The molecular formula is C16H21FN2OS2. The van der Waals surface area contributed by atoms with Crippen LogP contribution in [0.3, 0.4) is 0 Å². The van der Waals surface area contributed by atoms with Crippen molar-refractivity contribution in [3.05, 3.63) is 29.6 Å². The van der Waals surface area contributed by atoms with Gasteiger partial charge in [-0.25, -0.2) is 4.39 Å². The number of carbonyl (C=O) groups excluding carboxylic acids is 1. The monoisotopic (exact) mass is 340 g/mol. The van der Waals surface area contributed by atoms with E-state index in [1.807, 2.05) is 6.92 Å². The number of carbonyl (C=O) groups is 1. The van der Waals surface area contributed by atoms with Crippen LogP contribution in [0.2, 0.25) is 0 Å². The number of likely N-dealkylation sites (tertiary alicyclic amines) is 1. The molecule has 1 aromatic carbocycles. The maximum absolute atomic E-state index is 13.2. The van der Waals surface area contributed by atoms with Gasteiger partial charge in [0.05, 0.1) is 5.75 Å². The van der Waals surface area contributed by atoms with Crippen LogP contribution in [0.15, 0.2) is 18.2 Å². The molecule has 0 radical (unpaired) electrons. The van der Waals surface area contributed by atoms with Gasteiger partial charge >= 0.3 is 0 Å². The molecule has 0 bridgehead atoms. The first-order valence-corrected chi connectivity index (χ1v) is 8.83. The average molecular weight is 340 g/mol. The summed E-state index contributed by atoms with van der Waals surface area (Å²) in [6.07, 6.45) is 2.30. The second-order valence-corrected chi connectivity index (χ2v) is 7.34. The summed E-state index contributed by atoms with van der Waals surface area (Å²) < 4.78 is 14.0. The first-order chi connectivity index (χ1) is 10.5. The van der Waals surface area contributed by atoms with Crippen LogP contribution in [0.4, 0.5) is 10.1 Å². The Hall–Kier alpha value is -1.14. The maximum atomic E-state index is 13.2. The van der Waals surface area contributed by atoms with Crippen LogP contribution < -0.4 is 5.32 Å². The van der Waals surface area contributed by atoms with Crippen molar-refractivity contribution in [1.29, 1.82) is 0 Å². The summed E-state index contributed by atoms with van der Waals surface area (Å²) in [6.45, 7) is 6.03. The van der Waals surface area contributed by atoms with E-state index >= 15 is 0 Å². The lowest BCUT2D eigenvalue weighted by Crippen LogP contribution is -2.36. The number of hydrogen-bond donors (Lipinski definition) is 1. The van der Waals surface area contributed by atoms with E-state index in [1.165, 1.54) is 23.9 Å². The fourth-order valence-electron chi connectivity index (χ4n) is 2.32. The molecule has 0 atom stereocenters. The third kappa shape index (κ3) is 4.95. The zero-order valence-corrected chi connectivity index (χ0v) is 14.5. The largest absolute Gasteiger partial charge is 0.357 e. The number of aryl methyl sites for hydroxylation is 1. The Morgan fingerprint density at radius 2 is 2.14 bits per heavy atom. The molecule has 1 aromatic rings. The van der Waals surface area contributed by atoms with Gasteiger partial charge in [0.25, 0.3) is 0 Å². The van der Waals surface area contributed by atoms with E-state index in [1.54, 1.807) is 6.07 Å². The molecule has 1 aliphatic rings. The molecule has 1 amide bonds. The van der Waals surface area contributed by atoms with Gasteiger partial charge in [-0.15, -0.1) is 0 Å². The summed E-state index contributed by atoms with van der Waals surface area (Å²) in [6, 6.07) is 4.37. The first kappa shape index (κ1) is 17.2. The predicted octanol–water partition coefficient (Wildman–Crippen LogP) is 3.82. The van der Waals surface area contributed by atoms with Gasteiger partial charge in [0.1, 0.15) is 10.1 Å². The fraction of sp³-hybridized carbons (Fsp3) is 0.500. The van der Waals surface area contributed by atoms with Crippen LogP contribution in [0.25, 0.3) is 0 Å². The van der Waals surface area contributed by atoms with Crippen LogP contribution in [0, 0.1) is 18.7 Å².